The van der Waals surface area contributed by atoms with E-state index in [2.05, 4.69) is 56.3 Å². The van der Waals surface area contributed by atoms with E-state index in [0.717, 1.165) is 22.1 Å². The van der Waals surface area contributed by atoms with Crippen LogP contribution in [0.4, 0.5) is 11.4 Å². The fraction of sp³-hybridized carbons (Fsp3) is 0.231. The second-order valence-corrected chi connectivity index (χ2v) is 10.9. The predicted molar refractivity (Wildman–Crippen MR) is 135 cm³/mol. The Labute approximate surface area is 203 Å². The molecule has 3 aromatic carbocycles. The highest BCUT2D eigenvalue weighted by molar-refractivity contribution is 9.10. The monoisotopic (exact) mass is 524 g/mol. The standard InChI is InChI=1S/C26H25BrN2O3S/c1-2-32-25-12-4-3-11-24(25)29-33(30,31)19-13-14-23-22(16-19)20-9-6-10-21(20)26(28-23)17-7-5-8-18(27)15-17/h3-9,11-16,20-21,26,28-29H,2,10H2,1H3/t20-,21+,26+/m0/s1. The molecular weight excluding hydrogens is 500 g/mol. The number of sulfonamides is 1. The zero-order valence-corrected chi connectivity index (χ0v) is 20.6. The van der Waals surface area contributed by atoms with E-state index in [-0.39, 0.29) is 16.9 Å². The first-order valence-corrected chi connectivity index (χ1v) is 13.3. The van der Waals surface area contributed by atoms with Gasteiger partial charge in [0, 0.05) is 16.1 Å². The van der Waals surface area contributed by atoms with Crippen LogP contribution in [0.1, 0.15) is 36.4 Å². The van der Waals surface area contributed by atoms with Crippen LogP contribution in [-0.4, -0.2) is 15.0 Å². The molecule has 2 N–H and O–H groups in total. The summed E-state index contributed by atoms with van der Waals surface area (Å²) in [5.41, 5.74) is 3.64. The van der Waals surface area contributed by atoms with Crippen LogP contribution < -0.4 is 14.8 Å². The molecule has 170 valence electrons. The fourth-order valence-electron chi connectivity index (χ4n) is 4.81. The van der Waals surface area contributed by atoms with Crippen LogP contribution in [0, 0.1) is 5.92 Å². The van der Waals surface area contributed by atoms with Gasteiger partial charge in [0.05, 0.1) is 23.2 Å². The van der Waals surface area contributed by atoms with Crippen molar-refractivity contribution < 1.29 is 13.2 Å². The molecule has 1 heterocycles. The average molecular weight is 525 g/mol. The lowest BCUT2D eigenvalue weighted by Gasteiger charge is -2.37. The number of nitrogens with one attached hydrogen (secondary N) is 2. The second kappa shape index (κ2) is 8.88. The van der Waals surface area contributed by atoms with E-state index in [1.807, 2.05) is 25.1 Å². The molecule has 5 nitrogen and oxygen atoms in total. The smallest absolute Gasteiger partial charge is 0.262 e. The van der Waals surface area contributed by atoms with Crippen LogP contribution in [0.3, 0.4) is 0 Å². The number of fused-ring (bicyclic) bond motifs is 3. The van der Waals surface area contributed by atoms with Crippen LogP contribution >= 0.6 is 15.9 Å². The van der Waals surface area contributed by atoms with Crippen molar-refractivity contribution in [2.45, 2.75) is 30.2 Å². The van der Waals surface area contributed by atoms with E-state index in [1.54, 1.807) is 30.3 Å². The normalized spacial score (nSPS) is 21.1. The molecule has 3 atom stereocenters. The first-order valence-electron chi connectivity index (χ1n) is 11.0. The molecule has 3 aromatic rings. The summed E-state index contributed by atoms with van der Waals surface area (Å²) >= 11 is 3.58. The number of halogens is 1. The zero-order valence-electron chi connectivity index (χ0n) is 18.2. The maximum atomic E-state index is 13.2. The average Bonchev–Trinajstić information content (AvgIpc) is 3.30. The minimum atomic E-state index is -3.78. The number of benzene rings is 3. The molecule has 0 bridgehead atoms. The summed E-state index contributed by atoms with van der Waals surface area (Å²) in [4.78, 5) is 0.245. The summed E-state index contributed by atoms with van der Waals surface area (Å²) in [5, 5.41) is 3.67. The van der Waals surface area contributed by atoms with E-state index in [4.69, 9.17) is 4.74 Å². The SMILES string of the molecule is CCOc1ccccc1NS(=O)(=O)c1ccc2c(c1)[C@H]1C=CC[C@H]1[C@@H](c1cccc(Br)c1)N2. The van der Waals surface area contributed by atoms with Gasteiger partial charge in [-0.1, -0.05) is 52.3 Å². The van der Waals surface area contributed by atoms with Gasteiger partial charge < -0.3 is 10.1 Å². The third-order valence-corrected chi connectivity index (χ3v) is 8.14. The molecule has 0 aromatic heterocycles. The minimum Gasteiger partial charge on any atom is -0.492 e. The topological polar surface area (TPSA) is 67.4 Å². The summed E-state index contributed by atoms with van der Waals surface area (Å²) in [6.45, 7) is 2.33. The van der Waals surface area contributed by atoms with Crippen LogP contribution in [0.25, 0.3) is 0 Å². The molecule has 0 spiro atoms. The van der Waals surface area contributed by atoms with Crippen molar-refractivity contribution in [1.29, 1.82) is 0 Å². The van der Waals surface area contributed by atoms with Crippen molar-refractivity contribution in [3.8, 4) is 5.75 Å². The lowest BCUT2D eigenvalue weighted by Crippen LogP contribution is -2.29. The second-order valence-electron chi connectivity index (χ2n) is 8.31. The number of rotatable bonds is 6. The van der Waals surface area contributed by atoms with Crippen LogP contribution in [0.2, 0.25) is 0 Å². The number of ether oxygens (including phenoxy) is 1. The van der Waals surface area contributed by atoms with E-state index in [0.29, 0.717) is 24.0 Å². The number of para-hydroxylation sites is 2. The Hall–Kier alpha value is -2.77. The highest BCUT2D eigenvalue weighted by Gasteiger charge is 2.38. The van der Waals surface area contributed by atoms with E-state index in [9.17, 15) is 8.42 Å². The zero-order chi connectivity index (χ0) is 23.0. The molecule has 0 fully saturated rings. The molecule has 0 saturated carbocycles. The van der Waals surface area contributed by atoms with Gasteiger partial charge in [0.2, 0.25) is 0 Å². The van der Waals surface area contributed by atoms with Crippen LogP contribution in [-0.2, 0) is 10.0 Å². The van der Waals surface area contributed by atoms with E-state index >= 15 is 0 Å². The molecule has 33 heavy (non-hydrogen) atoms. The van der Waals surface area contributed by atoms with Gasteiger partial charge >= 0.3 is 0 Å². The molecule has 0 saturated heterocycles. The quantitative estimate of drug-likeness (QED) is 0.362. The van der Waals surface area contributed by atoms with Crippen molar-refractivity contribution in [2.24, 2.45) is 5.92 Å². The van der Waals surface area contributed by atoms with Gasteiger partial charge in [0.1, 0.15) is 5.75 Å². The molecule has 0 unspecified atom stereocenters. The maximum Gasteiger partial charge on any atom is 0.262 e. The number of hydrogen-bond donors (Lipinski definition) is 2. The Balaban J connectivity index is 1.48. The summed E-state index contributed by atoms with van der Waals surface area (Å²) in [7, 11) is -3.78. The van der Waals surface area contributed by atoms with Crippen LogP contribution in [0.15, 0.2) is 88.3 Å². The van der Waals surface area contributed by atoms with E-state index in [1.165, 1.54) is 5.56 Å². The molecule has 2 aliphatic rings. The van der Waals surface area contributed by atoms with Gasteiger partial charge in [-0.05, 0) is 72.9 Å². The third kappa shape index (κ3) is 4.27. The highest BCUT2D eigenvalue weighted by atomic mass is 79.9. The van der Waals surface area contributed by atoms with Crippen molar-refractivity contribution in [1.82, 2.24) is 0 Å². The Morgan fingerprint density at radius 1 is 1.09 bits per heavy atom. The molecule has 7 heteroatoms. The molecule has 0 amide bonds. The number of allylic oxidation sites excluding steroid dienone is 2. The molecule has 1 aliphatic carbocycles. The van der Waals surface area contributed by atoms with E-state index < -0.39 is 10.0 Å². The number of hydrogen-bond acceptors (Lipinski definition) is 4. The maximum absolute atomic E-state index is 13.2. The van der Waals surface area contributed by atoms with Gasteiger partial charge in [-0.2, -0.15) is 0 Å². The van der Waals surface area contributed by atoms with Gasteiger partial charge in [0.25, 0.3) is 10.0 Å². The molecule has 0 radical (unpaired) electrons. The summed E-state index contributed by atoms with van der Waals surface area (Å²) < 4.78 is 35.8. The number of anilines is 2. The molecule has 1 aliphatic heterocycles. The third-order valence-electron chi connectivity index (χ3n) is 6.28. The first-order chi connectivity index (χ1) is 16.0. The Morgan fingerprint density at radius 3 is 2.76 bits per heavy atom. The summed E-state index contributed by atoms with van der Waals surface area (Å²) in [5.74, 6) is 1.01. The summed E-state index contributed by atoms with van der Waals surface area (Å²) in [6, 6.07) is 20.9. The van der Waals surface area contributed by atoms with Gasteiger partial charge in [-0.15, -0.1) is 0 Å². The van der Waals surface area contributed by atoms with Gasteiger partial charge in [0.15, 0.2) is 0 Å². The molecular formula is C26H25BrN2O3S. The minimum absolute atomic E-state index is 0.161. The molecule has 5 rings (SSSR count). The van der Waals surface area contributed by atoms with Crippen molar-refractivity contribution in [3.63, 3.8) is 0 Å². The van der Waals surface area contributed by atoms with Crippen molar-refractivity contribution >= 4 is 37.3 Å². The van der Waals surface area contributed by atoms with Gasteiger partial charge in [-0.3, -0.25) is 4.72 Å². The first kappa shape index (κ1) is 22.0. The van der Waals surface area contributed by atoms with Crippen LogP contribution in [0.5, 0.6) is 5.75 Å². The Kier molecular flexibility index (Phi) is 5.93. The Bertz CT molecular complexity index is 1320. The Morgan fingerprint density at radius 2 is 1.94 bits per heavy atom. The fourth-order valence-corrected chi connectivity index (χ4v) is 6.33. The largest absolute Gasteiger partial charge is 0.492 e. The highest BCUT2D eigenvalue weighted by Crippen LogP contribution is 2.50. The lowest BCUT2D eigenvalue weighted by molar-refractivity contribution is 0.342. The van der Waals surface area contributed by atoms with Crippen molar-refractivity contribution in [3.05, 3.63) is 94.5 Å². The van der Waals surface area contributed by atoms with Gasteiger partial charge in [-0.25, -0.2) is 8.42 Å². The summed E-state index contributed by atoms with van der Waals surface area (Å²) in [6.07, 6.45) is 5.36. The lowest BCUT2D eigenvalue weighted by atomic mass is 9.77. The predicted octanol–water partition coefficient (Wildman–Crippen LogP) is 6.48. The van der Waals surface area contributed by atoms with Crippen molar-refractivity contribution in [2.75, 3.05) is 16.6 Å².